The molecular weight excluding hydrogens is 418 g/mol. The van der Waals surface area contributed by atoms with Gasteiger partial charge in [0.1, 0.15) is 10.6 Å². The fourth-order valence-electron chi connectivity index (χ4n) is 3.74. The first-order valence-corrected chi connectivity index (χ1v) is 10.2. The van der Waals surface area contributed by atoms with Gasteiger partial charge in [-0.05, 0) is 36.8 Å². The van der Waals surface area contributed by atoms with Gasteiger partial charge in [0, 0.05) is 0 Å². The molecule has 9 heteroatoms. The lowest BCUT2D eigenvalue weighted by Crippen LogP contribution is -2.29. The molecule has 0 fully saturated rings. The third kappa shape index (κ3) is 2.93. The molecule has 1 atom stereocenters. The summed E-state index contributed by atoms with van der Waals surface area (Å²) in [7, 11) is 1.30. The summed E-state index contributed by atoms with van der Waals surface area (Å²) in [5.41, 5.74) is 1.29. The second-order valence-electron chi connectivity index (χ2n) is 6.97. The van der Waals surface area contributed by atoms with Gasteiger partial charge in [-0.3, -0.25) is 14.5 Å². The number of hydrogen-bond acceptors (Lipinski definition) is 8. The first kappa shape index (κ1) is 19.1. The summed E-state index contributed by atoms with van der Waals surface area (Å²) < 4.78 is 10.6. The van der Waals surface area contributed by atoms with E-state index in [0.29, 0.717) is 32.2 Å². The van der Waals surface area contributed by atoms with E-state index >= 15 is 0 Å². The van der Waals surface area contributed by atoms with Crippen LogP contribution in [0.25, 0.3) is 11.0 Å². The molecule has 2 aromatic heterocycles. The summed E-state index contributed by atoms with van der Waals surface area (Å²) in [6.07, 6.45) is 0. The van der Waals surface area contributed by atoms with Crippen LogP contribution in [0.3, 0.4) is 0 Å². The standard InChI is InChI=1S/C22H15N3O5S/c1-11-23-24-22(31-11)25-17(12-7-9-13(10-8-12)21(28)29-2)16-18(26)14-5-3-4-6-15(14)30-19(16)20(25)27/h3-10,17H,1-2H3/t17-/m0/s1. The Kier molecular flexibility index (Phi) is 4.40. The molecule has 4 aromatic rings. The molecule has 2 aromatic carbocycles. The highest BCUT2D eigenvalue weighted by molar-refractivity contribution is 7.15. The van der Waals surface area contributed by atoms with Gasteiger partial charge < -0.3 is 9.15 Å². The van der Waals surface area contributed by atoms with Crippen LogP contribution in [0, 0.1) is 6.92 Å². The van der Waals surface area contributed by atoms with E-state index in [2.05, 4.69) is 10.2 Å². The number of hydrogen-bond donors (Lipinski definition) is 0. The largest absolute Gasteiger partial charge is 0.465 e. The van der Waals surface area contributed by atoms with Crippen LogP contribution in [-0.4, -0.2) is 29.2 Å². The molecule has 0 aliphatic carbocycles. The van der Waals surface area contributed by atoms with Crippen LogP contribution in [0.15, 0.2) is 57.7 Å². The molecule has 8 nitrogen and oxygen atoms in total. The molecule has 1 amide bonds. The van der Waals surface area contributed by atoms with Crippen molar-refractivity contribution in [1.29, 1.82) is 0 Å². The SMILES string of the molecule is COC(=O)c1ccc([C@H]2c3c(oc4ccccc4c3=O)C(=O)N2c2nnc(C)s2)cc1. The van der Waals surface area contributed by atoms with Gasteiger partial charge in [-0.2, -0.15) is 0 Å². The summed E-state index contributed by atoms with van der Waals surface area (Å²) in [4.78, 5) is 40.0. The molecule has 0 unspecified atom stereocenters. The third-order valence-electron chi connectivity index (χ3n) is 5.15. The molecule has 5 rings (SSSR count). The van der Waals surface area contributed by atoms with E-state index in [1.807, 2.05) is 0 Å². The van der Waals surface area contributed by atoms with E-state index < -0.39 is 17.9 Å². The number of nitrogens with zero attached hydrogens (tertiary/aromatic N) is 3. The number of aryl methyl sites for hydroxylation is 1. The van der Waals surface area contributed by atoms with Crippen molar-refractivity contribution in [3.8, 4) is 0 Å². The minimum absolute atomic E-state index is 0.0152. The second kappa shape index (κ2) is 7.13. The maximum atomic E-state index is 13.4. The van der Waals surface area contributed by atoms with E-state index in [1.165, 1.54) is 23.3 Å². The first-order valence-electron chi connectivity index (χ1n) is 9.37. The molecule has 31 heavy (non-hydrogen) atoms. The van der Waals surface area contributed by atoms with Crippen molar-refractivity contribution in [3.63, 3.8) is 0 Å². The molecule has 0 radical (unpaired) electrons. The quantitative estimate of drug-likeness (QED) is 0.456. The van der Waals surface area contributed by atoms with Crippen LogP contribution in [0.5, 0.6) is 0 Å². The number of para-hydroxylation sites is 1. The zero-order valence-electron chi connectivity index (χ0n) is 16.5. The van der Waals surface area contributed by atoms with Gasteiger partial charge >= 0.3 is 5.97 Å². The van der Waals surface area contributed by atoms with Crippen molar-refractivity contribution in [2.75, 3.05) is 12.0 Å². The highest BCUT2D eigenvalue weighted by Crippen LogP contribution is 2.42. The number of benzene rings is 2. The van der Waals surface area contributed by atoms with Gasteiger partial charge in [0.15, 0.2) is 5.43 Å². The van der Waals surface area contributed by atoms with Crippen LogP contribution in [0.4, 0.5) is 5.13 Å². The van der Waals surface area contributed by atoms with Crippen molar-refractivity contribution in [3.05, 3.63) is 86.2 Å². The average molecular weight is 433 g/mol. The Labute approximate surface area is 179 Å². The molecule has 0 N–H and O–H groups in total. The lowest BCUT2D eigenvalue weighted by molar-refractivity contribution is 0.0600. The van der Waals surface area contributed by atoms with E-state index in [9.17, 15) is 14.4 Å². The number of aromatic nitrogens is 2. The summed E-state index contributed by atoms with van der Waals surface area (Å²) >= 11 is 1.24. The van der Waals surface area contributed by atoms with E-state index in [4.69, 9.17) is 9.15 Å². The topological polar surface area (TPSA) is 103 Å². The normalized spacial score (nSPS) is 15.4. The molecule has 154 valence electrons. The fraction of sp³-hybridized carbons (Fsp3) is 0.136. The van der Waals surface area contributed by atoms with Gasteiger partial charge in [-0.1, -0.05) is 35.6 Å². The molecule has 1 aliphatic heterocycles. The van der Waals surface area contributed by atoms with Crippen molar-refractivity contribution in [2.45, 2.75) is 13.0 Å². The Morgan fingerprint density at radius 3 is 2.52 bits per heavy atom. The van der Waals surface area contributed by atoms with Crippen molar-refractivity contribution in [2.24, 2.45) is 0 Å². The Morgan fingerprint density at radius 2 is 1.84 bits per heavy atom. The fourth-order valence-corrected chi connectivity index (χ4v) is 4.45. The zero-order valence-corrected chi connectivity index (χ0v) is 17.3. The van der Waals surface area contributed by atoms with Crippen LogP contribution in [0.1, 0.15) is 43.1 Å². The summed E-state index contributed by atoms with van der Waals surface area (Å²) in [6.45, 7) is 1.78. The van der Waals surface area contributed by atoms with Crippen LogP contribution >= 0.6 is 11.3 Å². The van der Waals surface area contributed by atoms with Crippen molar-refractivity contribution >= 4 is 39.3 Å². The maximum absolute atomic E-state index is 13.4. The number of esters is 1. The van der Waals surface area contributed by atoms with Crippen LogP contribution < -0.4 is 10.3 Å². The Hall–Kier alpha value is -3.85. The Morgan fingerprint density at radius 1 is 1.10 bits per heavy atom. The molecule has 3 heterocycles. The summed E-state index contributed by atoms with van der Waals surface area (Å²) in [5, 5.41) is 9.57. The lowest BCUT2D eigenvalue weighted by atomic mass is 9.98. The highest BCUT2D eigenvalue weighted by Gasteiger charge is 2.45. The van der Waals surface area contributed by atoms with Gasteiger partial charge in [-0.15, -0.1) is 10.2 Å². The predicted molar refractivity (Wildman–Crippen MR) is 114 cm³/mol. The molecule has 0 bridgehead atoms. The van der Waals surface area contributed by atoms with Gasteiger partial charge in [0.2, 0.25) is 10.9 Å². The minimum atomic E-state index is -0.762. The number of ether oxygens (including phenoxy) is 1. The Bertz CT molecular complexity index is 1410. The lowest BCUT2D eigenvalue weighted by Gasteiger charge is -2.22. The number of carbonyl (C=O) groups is 2. The highest BCUT2D eigenvalue weighted by atomic mass is 32.1. The van der Waals surface area contributed by atoms with Crippen molar-refractivity contribution < 1.29 is 18.7 Å². The minimum Gasteiger partial charge on any atom is -0.465 e. The molecule has 1 aliphatic rings. The smallest absolute Gasteiger partial charge is 0.337 e. The number of anilines is 1. The van der Waals surface area contributed by atoms with Gasteiger partial charge in [-0.25, -0.2) is 4.79 Å². The van der Waals surface area contributed by atoms with Crippen molar-refractivity contribution in [1.82, 2.24) is 10.2 Å². The molecular formula is C22H15N3O5S. The van der Waals surface area contributed by atoms with Gasteiger partial charge in [0.05, 0.1) is 29.7 Å². The van der Waals surface area contributed by atoms with Crippen LogP contribution in [-0.2, 0) is 4.74 Å². The van der Waals surface area contributed by atoms with E-state index in [1.54, 1.807) is 55.5 Å². The summed E-state index contributed by atoms with van der Waals surface area (Å²) in [6, 6.07) is 12.6. The second-order valence-corrected chi connectivity index (χ2v) is 8.13. The number of carbonyl (C=O) groups excluding carboxylic acids is 2. The number of fused-ring (bicyclic) bond motifs is 2. The zero-order chi connectivity index (χ0) is 21.7. The first-order chi connectivity index (χ1) is 15.0. The Balaban J connectivity index is 1.75. The summed E-state index contributed by atoms with van der Waals surface area (Å²) in [5.74, 6) is -0.953. The van der Waals surface area contributed by atoms with Gasteiger partial charge in [0.25, 0.3) is 5.91 Å². The van der Waals surface area contributed by atoms with Crippen LogP contribution in [0.2, 0.25) is 0 Å². The van der Waals surface area contributed by atoms with E-state index in [-0.39, 0.29) is 16.8 Å². The number of methoxy groups -OCH3 is 1. The molecule has 0 saturated carbocycles. The molecule has 0 spiro atoms. The average Bonchev–Trinajstić information content (AvgIpc) is 3.34. The molecule has 0 saturated heterocycles. The monoisotopic (exact) mass is 433 g/mol. The number of amides is 1. The third-order valence-corrected chi connectivity index (χ3v) is 5.98. The number of rotatable bonds is 3. The predicted octanol–water partition coefficient (Wildman–Crippen LogP) is 3.49. The van der Waals surface area contributed by atoms with E-state index in [0.717, 1.165) is 0 Å². The maximum Gasteiger partial charge on any atom is 0.337 e.